The van der Waals surface area contributed by atoms with Gasteiger partial charge in [0.2, 0.25) is 41.4 Å². The maximum absolute atomic E-state index is 13.7. The Morgan fingerprint density at radius 3 is 2.22 bits per heavy atom. The second kappa shape index (κ2) is 35.1. The number of rotatable bonds is 31. The molecule has 1 spiro atoms. The third-order valence-corrected chi connectivity index (χ3v) is 17.9. The molecule has 5 fully saturated rings. The Morgan fingerprint density at radius 2 is 1.58 bits per heavy atom. The van der Waals surface area contributed by atoms with Gasteiger partial charge in [-0.15, -0.1) is 0 Å². The summed E-state index contributed by atoms with van der Waals surface area (Å²) in [7, 11) is 0. The third-order valence-electron chi connectivity index (χ3n) is 17.0. The number of carbonyl (C=O) groups is 10. The molecule has 0 aromatic heterocycles. The number of imide groups is 1. The monoisotopic (exact) mass is 1280 g/mol. The predicted octanol–water partition coefficient (Wildman–Crippen LogP) is 4.78. The Bertz CT molecular complexity index is 2750. The molecule has 4 aliphatic heterocycles. The molecule has 4 saturated heterocycles. The van der Waals surface area contributed by atoms with Crippen LogP contribution in [0.25, 0.3) is 0 Å². The molecule has 12 atom stereocenters. The van der Waals surface area contributed by atoms with Crippen molar-refractivity contribution in [3.8, 4) is 0 Å². The number of anilines is 1. The van der Waals surface area contributed by atoms with Gasteiger partial charge in [-0.2, -0.15) is 11.8 Å². The summed E-state index contributed by atoms with van der Waals surface area (Å²) in [6.45, 7) is 13.3. The quantitative estimate of drug-likeness (QED) is 0.0121. The Hall–Kier alpha value is -6.87. The number of amides is 10. The van der Waals surface area contributed by atoms with E-state index < -0.39 is 72.0 Å². The zero-order valence-electron chi connectivity index (χ0n) is 53.2. The van der Waals surface area contributed by atoms with Crippen LogP contribution in [0.4, 0.5) is 15.3 Å². The normalized spacial score (nSPS) is 27.0. The van der Waals surface area contributed by atoms with Gasteiger partial charge in [-0.3, -0.25) is 43.3 Å². The number of esters is 1. The summed E-state index contributed by atoms with van der Waals surface area (Å²) < 4.78 is 29.0. The van der Waals surface area contributed by atoms with Crippen molar-refractivity contribution >= 4 is 76.9 Å². The molecule has 1 aromatic carbocycles. The van der Waals surface area contributed by atoms with Crippen LogP contribution in [0.15, 0.2) is 60.2 Å². The van der Waals surface area contributed by atoms with Crippen LogP contribution in [0.1, 0.15) is 150 Å². The number of hydrogen-bond acceptors (Lipinski definition) is 17. The summed E-state index contributed by atoms with van der Waals surface area (Å²) in [5.41, 5.74) is 6.45. The lowest BCUT2D eigenvalue weighted by Gasteiger charge is -2.39. The molecule has 25 nitrogen and oxygen atoms in total. The number of epoxide rings is 1. The molecule has 0 radical (unpaired) electrons. The number of allylic oxidation sites excluding steroid dienone is 2. The molecule has 26 heteroatoms. The number of benzene rings is 1. The van der Waals surface area contributed by atoms with E-state index in [0.717, 1.165) is 12.0 Å². The fourth-order valence-corrected chi connectivity index (χ4v) is 12.3. The summed E-state index contributed by atoms with van der Waals surface area (Å²) in [4.78, 5) is 128. The lowest BCUT2D eigenvalue weighted by atomic mass is 9.87. The number of alkyl carbamates (subject to hydrolysis) is 1. The fraction of sp³-hybridized carbons (Fsp3) is 0.656. The number of nitrogens with one attached hydrogen (secondary N) is 7. The number of nitrogens with zero attached hydrogens (tertiary/aromatic N) is 1. The predicted molar refractivity (Wildman–Crippen MR) is 336 cm³/mol. The average Bonchev–Trinajstić information content (AvgIpc) is 1.60. The van der Waals surface area contributed by atoms with Crippen LogP contribution in [0.2, 0.25) is 0 Å². The van der Waals surface area contributed by atoms with Crippen LogP contribution in [0.3, 0.4) is 0 Å². The fourth-order valence-electron chi connectivity index (χ4n) is 11.7. The van der Waals surface area contributed by atoms with Gasteiger partial charge in [-0.1, -0.05) is 63.1 Å². The van der Waals surface area contributed by atoms with Gasteiger partial charge in [0.25, 0.3) is 0 Å². The molecule has 1 unspecified atom stereocenters. The number of ether oxygens (including phenoxy) is 5. The molecule has 10 amide bonds. The van der Waals surface area contributed by atoms with Crippen LogP contribution in [-0.4, -0.2) is 173 Å². The van der Waals surface area contributed by atoms with E-state index in [1.165, 1.54) is 35.7 Å². The SMILES string of the molecule is CSC1CC(=O)N(CCCCCC(=O)N[C@H](C(=O)N[C@@H](CCCNC(N)=O)C(=O)Nc2ccc(COC(=O)N[C@H]3CC[C@H](NC(=O)C[C@@H]4C[C@@]5(CO5)[C@H](O)[C@@H](/C=C/C(C)=C/C[C@@H]5O[C@H](C)[C@H](NC(=O)/C=C\[C@H](C)OC(C)=O)C[C@@H]5C)O4)CC3)cc2)C(C)C)C1=O. The van der Waals surface area contributed by atoms with Gasteiger partial charge in [0.15, 0.2) is 0 Å². The number of thioether (sulfide) groups is 1. The maximum atomic E-state index is 13.7. The number of hydrogen-bond donors (Lipinski definition) is 9. The van der Waals surface area contributed by atoms with E-state index in [0.29, 0.717) is 88.6 Å². The van der Waals surface area contributed by atoms with Crippen molar-refractivity contribution in [2.75, 3.05) is 31.3 Å². The number of carbonyl (C=O) groups excluding carboxylic acids is 10. The minimum absolute atomic E-state index is 0.0554. The molecule has 6 rings (SSSR count). The first-order chi connectivity index (χ1) is 42.8. The standard InChI is InChI=1S/C64H95N9O16S/c1-37(2)57(72-53(75)14-10-9-11-30-73-56(78)33-52(90-8)61(73)82)60(81)71-48(13-12-29-66-62(65)83)59(80)68-45-20-18-43(19-21-45)35-85-63(84)69-46-24-22-44(23-25-46)67-55(77)32-47-34-64(36-86-64)58(79)51(89-47)27-16-38(3)15-26-50-39(4)31-49(41(6)88-50)70-54(76)28-17-40(5)87-42(7)74/h15-21,27-28,37,39-41,44,46-52,57-58,79H,9-14,22-26,29-36H2,1-8H3,(H,67,77)(H,68,80)(H,69,84)(H,70,76)(H,71,81)(H,72,75)(H3,65,66,83)/b27-16+,28-17-,38-15+/t39-,40-,41+,44-,46-,47+,48-,49+,50-,51+,52?,57-,58+,64+/m0/s1. The van der Waals surface area contributed by atoms with E-state index in [4.69, 9.17) is 29.4 Å². The molecule has 5 aliphatic rings. The molecule has 10 N–H and O–H groups in total. The summed E-state index contributed by atoms with van der Waals surface area (Å²) in [5.74, 6) is -2.90. The topological polar surface area (TPSA) is 354 Å². The van der Waals surface area contributed by atoms with Crippen molar-refractivity contribution < 1.29 is 76.7 Å². The minimum Gasteiger partial charge on any atom is -0.459 e. The Labute approximate surface area is 532 Å². The number of aliphatic hydroxyl groups is 1. The van der Waals surface area contributed by atoms with Crippen molar-refractivity contribution in [3.05, 3.63) is 65.8 Å². The first-order valence-electron chi connectivity index (χ1n) is 31.6. The molecule has 1 saturated carbocycles. The molecule has 1 aliphatic carbocycles. The van der Waals surface area contributed by atoms with Gasteiger partial charge in [-0.25, -0.2) is 9.59 Å². The van der Waals surface area contributed by atoms with Gasteiger partial charge in [-0.05, 0) is 127 Å². The van der Waals surface area contributed by atoms with E-state index in [1.807, 2.05) is 26.0 Å². The van der Waals surface area contributed by atoms with Gasteiger partial charge in [0.05, 0.1) is 42.6 Å². The Balaban J connectivity index is 0.881. The zero-order valence-corrected chi connectivity index (χ0v) is 54.0. The van der Waals surface area contributed by atoms with Crippen molar-refractivity contribution in [1.29, 1.82) is 0 Å². The number of primary amides is 1. The van der Waals surface area contributed by atoms with Crippen molar-refractivity contribution in [2.45, 2.75) is 229 Å². The number of likely N-dealkylation sites (tertiary alicyclic amines) is 1. The number of aliphatic hydroxyl groups excluding tert-OH is 1. The molecular formula is C64H95N9O16S. The molecule has 1 aromatic rings. The highest BCUT2D eigenvalue weighted by atomic mass is 32.2. The summed E-state index contributed by atoms with van der Waals surface area (Å²) in [5, 5.41) is 30.8. The zero-order chi connectivity index (χ0) is 65.7. The first-order valence-corrected chi connectivity index (χ1v) is 32.9. The maximum Gasteiger partial charge on any atom is 0.407 e. The van der Waals surface area contributed by atoms with E-state index in [2.05, 4.69) is 50.2 Å². The molecule has 498 valence electrons. The highest BCUT2D eigenvalue weighted by molar-refractivity contribution is 8.00. The molecule has 0 bridgehead atoms. The van der Waals surface area contributed by atoms with E-state index in [9.17, 15) is 53.1 Å². The first kappa shape index (κ1) is 72.2. The summed E-state index contributed by atoms with van der Waals surface area (Å²) in [6, 6.07) is 3.42. The number of urea groups is 1. The Kier molecular flexibility index (Phi) is 28.1. The van der Waals surface area contributed by atoms with Gasteiger partial charge >= 0.3 is 18.1 Å². The average molecular weight is 1280 g/mol. The number of unbranched alkanes of at least 4 members (excludes halogenated alkanes) is 2. The molecular weight excluding hydrogens is 1180 g/mol. The van der Waals surface area contributed by atoms with Crippen LogP contribution in [-0.2, 0) is 68.6 Å². The highest BCUT2D eigenvalue weighted by Gasteiger charge is 2.58. The Morgan fingerprint density at radius 1 is 0.878 bits per heavy atom. The van der Waals surface area contributed by atoms with E-state index in [1.54, 1.807) is 51.3 Å². The van der Waals surface area contributed by atoms with Gasteiger partial charge in [0, 0.05) is 63.1 Å². The minimum atomic E-state index is -1.06. The molecule has 4 heterocycles. The third kappa shape index (κ3) is 23.1. The second-order valence-electron chi connectivity index (χ2n) is 24.8. The molecule has 90 heavy (non-hydrogen) atoms. The van der Waals surface area contributed by atoms with E-state index >= 15 is 0 Å². The lowest BCUT2D eigenvalue weighted by Crippen LogP contribution is -2.54. The van der Waals surface area contributed by atoms with Crippen molar-refractivity contribution in [3.63, 3.8) is 0 Å². The summed E-state index contributed by atoms with van der Waals surface area (Å²) in [6.07, 6.45) is 13.7. The van der Waals surface area contributed by atoms with E-state index in [-0.39, 0.29) is 116 Å². The van der Waals surface area contributed by atoms with Gasteiger partial charge < -0.3 is 71.7 Å². The lowest BCUT2D eigenvalue weighted by molar-refractivity contribution is -0.146. The van der Waals surface area contributed by atoms with Crippen molar-refractivity contribution in [1.82, 2.24) is 36.8 Å². The van der Waals surface area contributed by atoms with Crippen LogP contribution in [0.5, 0.6) is 0 Å². The second-order valence-corrected chi connectivity index (χ2v) is 25.8. The van der Waals surface area contributed by atoms with Crippen LogP contribution >= 0.6 is 11.8 Å². The van der Waals surface area contributed by atoms with Crippen LogP contribution in [0, 0.1) is 11.8 Å². The van der Waals surface area contributed by atoms with Crippen LogP contribution < -0.4 is 43.0 Å². The highest BCUT2D eigenvalue weighted by Crippen LogP contribution is 2.43. The summed E-state index contributed by atoms with van der Waals surface area (Å²) >= 11 is 1.36. The smallest absolute Gasteiger partial charge is 0.407 e. The van der Waals surface area contributed by atoms with Crippen molar-refractivity contribution in [2.24, 2.45) is 17.6 Å². The van der Waals surface area contributed by atoms with Gasteiger partial charge in [0.1, 0.15) is 42.6 Å². The largest absolute Gasteiger partial charge is 0.459 e. The number of nitrogens with two attached hydrogens (primary N) is 1.